The maximum absolute atomic E-state index is 12.4. The molecule has 1 aliphatic rings. The van der Waals surface area contributed by atoms with Crippen LogP contribution in [0.15, 0.2) is 30.5 Å². The topological polar surface area (TPSA) is 57.7 Å². The lowest BCUT2D eigenvalue weighted by atomic mass is 10.0. The van der Waals surface area contributed by atoms with Crippen molar-refractivity contribution in [1.29, 1.82) is 0 Å². The zero-order valence-corrected chi connectivity index (χ0v) is 19.0. The van der Waals surface area contributed by atoms with Crippen LogP contribution in [0.3, 0.4) is 0 Å². The molecule has 1 N–H and O–H groups in total. The first kappa shape index (κ1) is 22.4. The Balaban J connectivity index is 1.54. The number of rotatable bonds is 7. The summed E-state index contributed by atoms with van der Waals surface area (Å²) in [5.41, 5.74) is 2.96. The Bertz CT molecular complexity index is 880. The number of aryl methyl sites for hydroxylation is 1. The van der Waals surface area contributed by atoms with Crippen LogP contribution in [0.25, 0.3) is 0 Å². The number of hydrogen-bond acceptors (Lipinski definition) is 5. The van der Waals surface area contributed by atoms with Crippen LogP contribution in [-0.2, 0) is 11.3 Å². The fraction of sp³-hybridized carbons (Fsp3) is 0.478. The van der Waals surface area contributed by atoms with Crippen LogP contribution >= 0.6 is 11.6 Å². The Morgan fingerprint density at radius 2 is 1.97 bits per heavy atom. The number of hydrogen-bond donors (Lipinski definition) is 1. The molecule has 0 saturated carbocycles. The SMILES string of the molecule is Cc1cc(OCC(=O)NCc2ccnc(N3CCN(C)CC3)c2)c(C(C)C)cc1Cl. The maximum Gasteiger partial charge on any atom is 0.258 e. The summed E-state index contributed by atoms with van der Waals surface area (Å²) in [6, 6.07) is 7.80. The van der Waals surface area contributed by atoms with E-state index in [1.54, 1.807) is 6.20 Å². The summed E-state index contributed by atoms with van der Waals surface area (Å²) < 4.78 is 5.82. The summed E-state index contributed by atoms with van der Waals surface area (Å²) in [5, 5.41) is 3.65. The van der Waals surface area contributed by atoms with Crippen molar-refractivity contribution >= 4 is 23.3 Å². The number of carbonyl (C=O) groups is 1. The number of amides is 1. The molecule has 3 rings (SSSR count). The third kappa shape index (κ3) is 5.86. The highest BCUT2D eigenvalue weighted by Crippen LogP contribution is 2.32. The maximum atomic E-state index is 12.4. The standard InChI is InChI=1S/C23H31ClN4O2/c1-16(2)19-13-20(24)17(3)11-21(19)30-15-23(29)26-14-18-5-6-25-22(12-18)28-9-7-27(4)8-10-28/h5-6,11-13,16H,7-10,14-15H2,1-4H3,(H,26,29). The molecule has 0 spiro atoms. The van der Waals surface area contributed by atoms with Gasteiger partial charge in [-0.05, 0) is 60.8 Å². The smallest absolute Gasteiger partial charge is 0.258 e. The van der Waals surface area contributed by atoms with Crippen molar-refractivity contribution in [3.05, 3.63) is 52.2 Å². The molecule has 1 amide bonds. The monoisotopic (exact) mass is 430 g/mol. The quantitative estimate of drug-likeness (QED) is 0.727. The second-order valence-electron chi connectivity index (χ2n) is 8.17. The molecule has 0 unspecified atom stereocenters. The fourth-order valence-corrected chi connectivity index (χ4v) is 3.59. The molecule has 2 aromatic rings. The number of halogens is 1. The third-order valence-electron chi connectivity index (χ3n) is 5.40. The van der Waals surface area contributed by atoms with Crippen LogP contribution < -0.4 is 15.0 Å². The molecule has 0 bridgehead atoms. The van der Waals surface area contributed by atoms with Crippen molar-refractivity contribution in [3.8, 4) is 5.75 Å². The van der Waals surface area contributed by atoms with Gasteiger partial charge in [0, 0.05) is 43.9 Å². The molecule has 162 valence electrons. The largest absolute Gasteiger partial charge is 0.483 e. The first-order valence-corrected chi connectivity index (χ1v) is 10.8. The van der Waals surface area contributed by atoms with Gasteiger partial charge in [0.2, 0.25) is 0 Å². The first-order chi connectivity index (χ1) is 14.3. The van der Waals surface area contributed by atoms with E-state index in [-0.39, 0.29) is 18.4 Å². The van der Waals surface area contributed by atoms with Gasteiger partial charge in [0.1, 0.15) is 11.6 Å². The van der Waals surface area contributed by atoms with E-state index in [4.69, 9.17) is 16.3 Å². The Kier molecular flexibility index (Phi) is 7.56. The molecular formula is C23H31ClN4O2. The minimum atomic E-state index is -0.157. The summed E-state index contributed by atoms with van der Waals surface area (Å²) in [4.78, 5) is 21.4. The lowest BCUT2D eigenvalue weighted by Crippen LogP contribution is -2.44. The number of likely N-dealkylation sites (N-methyl/N-ethyl adjacent to an activating group) is 1. The van der Waals surface area contributed by atoms with Crippen molar-refractivity contribution in [1.82, 2.24) is 15.2 Å². The van der Waals surface area contributed by atoms with E-state index in [1.807, 2.05) is 31.2 Å². The first-order valence-electron chi connectivity index (χ1n) is 10.4. The van der Waals surface area contributed by atoms with Crippen molar-refractivity contribution in [3.63, 3.8) is 0 Å². The van der Waals surface area contributed by atoms with E-state index in [1.165, 1.54) is 0 Å². The Morgan fingerprint density at radius 3 is 2.67 bits per heavy atom. The Hall–Kier alpha value is -2.31. The summed E-state index contributed by atoms with van der Waals surface area (Å²) in [5.74, 6) is 1.77. The number of nitrogens with zero attached hydrogens (tertiary/aromatic N) is 3. The Morgan fingerprint density at radius 1 is 1.23 bits per heavy atom. The summed E-state index contributed by atoms with van der Waals surface area (Å²) in [6.45, 7) is 10.5. The van der Waals surface area contributed by atoms with Crippen LogP contribution in [0.2, 0.25) is 5.02 Å². The number of pyridine rings is 1. The molecular weight excluding hydrogens is 400 g/mol. The molecule has 0 atom stereocenters. The second kappa shape index (κ2) is 10.1. The highest BCUT2D eigenvalue weighted by molar-refractivity contribution is 6.31. The summed E-state index contributed by atoms with van der Waals surface area (Å²) in [6.07, 6.45) is 1.80. The van der Waals surface area contributed by atoms with Crippen LogP contribution in [0, 0.1) is 6.92 Å². The highest BCUT2D eigenvalue weighted by Gasteiger charge is 2.16. The van der Waals surface area contributed by atoms with Crippen LogP contribution in [-0.4, -0.2) is 55.6 Å². The van der Waals surface area contributed by atoms with Crippen LogP contribution in [0.1, 0.15) is 36.5 Å². The van der Waals surface area contributed by atoms with Crippen LogP contribution in [0.4, 0.5) is 5.82 Å². The average molecular weight is 431 g/mol. The molecule has 1 aromatic carbocycles. The number of piperazine rings is 1. The van der Waals surface area contributed by atoms with Gasteiger partial charge in [-0.1, -0.05) is 25.4 Å². The zero-order valence-electron chi connectivity index (χ0n) is 18.2. The lowest BCUT2D eigenvalue weighted by molar-refractivity contribution is -0.123. The molecule has 30 heavy (non-hydrogen) atoms. The molecule has 7 heteroatoms. The van der Waals surface area contributed by atoms with Gasteiger partial charge in [-0.15, -0.1) is 0 Å². The third-order valence-corrected chi connectivity index (χ3v) is 5.81. The van der Waals surface area contributed by atoms with Crippen molar-refractivity contribution in [2.24, 2.45) is 0 Å². The van der Waals surface area contributed by atoms with Gasteiger partial charge in [0.05, 0.1) is 0 Å². The molecule has 1 saturated heterocycles. The molecule has 0 radical (unpaired) electrons. The predicted octanol–water partition coefficient (Wildman–Crippen LogP) is 3.61. The number of ether oxygens (including phenoxy) is 1. The molecule has 1 fully saturated rings. The predicted molar refractivity (Wildman–Crippen MR) is 122 cm³/mol. The summed E-state index contributed by atoms with van der Waals surface area (Å²) in [7, 11) is 2.13. The Labute approximate surface area is 184 Å². The van der Waals surface area contributed by atoms with Gasteiger partial charge in [-0.2, -0.15) is 0 Å². The molecule has 1 aliphatic heterocycles. The normalized spacial score (nSPS) is 14.8. The average Bonchev–Trinajstić information content (AvgIpc) is 2.73. The van der Waals surface area contributed by atoms with E-state index < -0.39 is 0 Å². The second-order valence-corrected chi connectivity index (χ2v) is 8.58. The number of aromatic nitrogens is 1. The molecule has 1 aromatic heterocycles. The number of benzene rings is 1. The van der Waals surface area contributed by atoms with Crippen molar-refractivity contribution < 1.29 is 9.53 Å². The summed E-state index contributed by atoms with van der Waals surface area (Å²) >= 11 is 6.24. The van der Waals surface area contributed by atoms with E-state index in [0.29, 0.717) is 17.3 Å². The molecule has 6 nitrogen and oxygen atoms in total. The fourth-order valence-electron chi connectivity index (χ4n) is 3.42. The van der Waals surface area contributed by atoms with Gasteiger partial charge < -0.3 is 19.9 Å². The number of carbonyl (C=O) groups excluding carboxylic acids is 1. The van der Waals surface area contributed by atoms with Gasteiger partial charge >= 0.3 is 0 Å². The minimum Gasteiger partial charge on any atom is -0.483 e. The van der Waals surface area contributed by atoms with Gasteiger partial charge in [-0.25, -0.2) is 4.98 Å². The van der Waals surface area contributed by atoms with Gasteiger partial charge in [0.25, 0.3) is 5.91 Å². The number of nitrogens with one attached hydrogen (secondary N) is 1. The van der Waals surface area contributed by atoms with E-state index in [2.05, 4.69) is 41.0 Å². The zero-order chi connectivity index (χ0) is 21.7. The van der Waals surface area contributed by atoms with Crippen molar-refractivity contribution in [2.45, 2.75) is 33.2 Å². The van der Waals surface area contributed by atoms with Crippen molar-refractivity contribution in [2.75, 3.05) is 44.7 Å². The van der Waals surface area contributed by atoms with Crippen LogP contribution in [0.5, 0.6) is 5.75 Å². The molecule has 2 heterocycles. The minimum absolute atomic E-state index is 0.0306. The lowest BCUT2D eigenvalue weighted by Gasteiger charge is -2.33. The van der Waals surface area contributed by atoms with Gasteiger partial charge in [-0.3, -0.25) is 4.79 Å². The number of anilines is 1. The molecule has 0 aliphatic carbocycles. The highest BCUT2D eigenvalue weighted by atomic mass is 35.5. The van der Waals surface area contributed by atoms with E-state index in [9.17, 15) is 4.79 Å². The van der Waals surface area contributed by atoms with E-state index in [0.717, 1.165) is 48.7 Å². The van der Waals surface area contributed by atoms with E-state index >= 15 is 0 Å². The van der Waals surface area contributed by atoms with Gasteiger partial charge in [0.15, 0.2) is 6.61 Å².